The molecule has 1 amide bonds. The van der Waals surface area contributed by atoms with Gasteiger partial charge >= 0.3 is 0 Å². The molecule has 24 heavy (non-hydrogen) atoms. The van der Waals surface area contributed by atoms with Crippen LogP contribution in [0.2, 0.25) is 0 Å². The van der Waals surface area contributed by atoms with Gasteiger partial charge in [-0.1, -0.05) is 0 Å². The molecule has 0 radical (unpaired) electrons. The van der Waals surface area contributed by atoms with Crippen molar-refractivity contribution in [3.63, 3.8) is 0 Å². The van der Waals surface area contributed by atoms with Crippen molar-refractivity contribution in [1.29, 1.82) is 0 Å². The van der Waals surface area contributed by atoms with E-state index in [0.717, 1.165) is 43.0 Å². The van der Waals surface area contributed by atoms with E-state index in [1.807, 2.05) is 28.8 Å². The Hall–Kier alpha value is -2.28. The Labute approximate surface area is 141 Å². The molecular formula is C17H23N5O2. The van der Waals surface area contributed by atoms with Gasteiger partial charge in [-0.15, -0.1) is 0 Å². The third kappa shape index (κ3) is 3.46. The van der Waals surface area contributed by atoms with Gasteiger partial charge in [0.1, 0.15) is 12.3 Å². The number of aryl methyl sites for hydroxylation is 1. The molecule has 2 aromatic rings. The van der Waals surface area contributed by atoms with E-state index in [-0.39, 0.29) is 18.4 Å². The smallest absolute Gasteiger partial charge is 0.248 e. The standard InChI is InChI=1S/C17H23N5O2/c1-3-22-16(6-7-19-22)15-10-18-9-14(20-15)13-5-4-8-21(11-13)17(23)12-24-2/h6-7,9-10,13H,3-5,8,11-12H2,1-2H3. The summed E-state index contributed by atoms with van der Waals surface area (Å²) in [5, 5.41) is 4.29. The van der Waals surface area contributed by atoms with Gasteiger partial charge in [-0.25, -0.2) is 4.98 Å². The van der Waals surface area contributed by atoms with E-state index in [1.54, 1.807) is 19.5 Å². The number of hydrogen-bond acceptors (Lipinski definition) is 5. The van der Waals surface area contributed by atoms with Crippen molar-refractivity contribution in [2.45, 2.75) is 32.2 Å². The van der Waals surface area contributed by atoms with Gasteiger partial charge in [0.25, 0.3) is 0 Å². The number of hydrogen-bond donors (Lipinski definition) is 0. The number of nitrogens with zero attached hydrogens (tertiary/aromatic N) is 5. The minimum absolute atomic E-state index is 0.0374. The molecule has 1 unspecified atom stereocenters. The zero-order chi connectivity index (χ0) is 16.9. The summed E-state index contributed by atoms with van der Waals surface area (Å²) < 4.78 is 6.87. The van der Waals surface area contributed by atoms with Gasteiger partial charge in [-0.3, -0.25) is 14.5 Å². The summed E-state index contributed by atoms with van der Waals surface area (Å²) in [5.41, 5.74) is 2.73. The Balaban J connectivity index is 1.80. The summed E-state index contributed by atoms with van der Waals surface area (Å²) in [7, 11) is 1.55. The van der Waals surface area contributed by atoms with Crippen LogP contribution in [0.5, 0.6) is 0 Å². The molecule has 1 aliphatic rings. The molecule has 3 heterocycles. The molecule has 7 heteroatoms. The predicted octanol–water partition coefficient (Wildman–Crippen LogP) is 1.71. The molecule has 1 fully saturated rings. The Morgan fingerprint density at radius 1 is 1.42 bits per heavy atom. The molecule has 1 saturated heterocycles. The van der Waals surface area contributed by atoms with Crippen LogP contribution in [0.4, 0.5) is 0 Å². The van der Waals surface area contributed by atoms with E-state index < -0.39 is 0 Å². The lowest BCUT2D eigenvalue weighted by atomic mass is 9.95. The molecule has 0 N–H and O–H groups in total. The summed E-state index contributed by atoms with van der Waals surface area (Å²) in [5.74, 6) is 0.250. The number of rotatable bonds is 5. The highest BCUT2D eigenvalue weighted by atomic mass is 16.5. The first-order valence-electron chi connectivity index (χ1n) is 8.33. The minimum atomic E-state index is 0.0374. The van der Waals surface area contributed by atoms with Gasteiger partial charge < -0.3 is 9.64 Å². The maximum absolute atomic E-state index is 12.1. The van der Waals surface area contributed by atoms with Crippen LogP contribution in [0.3, 0.4) is 0 Å². The summed E-state index contributed by atoms with van der Waals surface area (Å²) in [4.78, 5) is 23.1. The zero-order valence-corrected chi connectivity index (χ0v) is 14.2. The molecule has 1 aliphatic heterocycles. The second kappa shape index (κ2) is 7.53. The van der Waals surface area contributed by atoms with Gasteiger partial charge in [0, 0.05) is 45.1 Å². The van der Waals surface area contributed by atoms with Crippen LogP contribution in [0.25, 0.3) is 11.4 Å². The van der Waals surface area contributed by atoms with Crippen molar-refractivity contribution in [1.82, 2.24) is 24.6 Å². The highest BCUT2D eigenvalue weighted by molar-refractivity contribution is 5.77. The Bertz CT molecular complexity index is 700. The molecule has 0 spiro atoms. The number of carbonyl (C=O) groups is 1. The summed E-state index contributed by atoms with van der Waals surface area (Å²) >= 11 is 0. The molecular weight excluding hydrogens is 306 g/mol. The normalized spacial score (nSPS) is 17.9. The molecule has 2 aromatic heterocycles. The molecule has 7 nitrogen and oxygen atoms in total. The van der Waals surface area contributed by atoms with Crippen molar-refractivity contribution < 1.29 is 9.53 Å². The lowest BCUT2D eigenvalue weighted by molar-refractivity contribution is -0.136. The maximum Gasteiger partial charge on any atom is 0.248 e. The molecule has 0 saturated carbocycles. The van der Waals surface area contributed by atoms with Gasteiger partial charge in [-0.05, 0) is 25.8 Å². The highest BCUT2D eigenvalue weighted by Crippen LogP contribution is 2.27. The van der Waals surface area contributed by atoms with Crippen LogP contribution in [-0.2, 0) is 16.1 Å². The van der Waals surface area contributed by atoms with Crippen molar-refractivity contribution in [3.05, 3.63) is 30.4 Å². The van der Waals surface area contributed by atoms with Gasteiger partial charge in [0.05, 0.1) is 17.6 Å². The third-order valence-electron chi connectivity index (χ3n) is 4.39. The number of methoxy groups -OCH3 is 1. The minimum Gasteiger partial charge on any atom is -0.375 e. The summed E-state index contributed by atoms with van der Waals surface area (Å²) in [6.07, 6.45) is 7.34. The first-order chi connectivity index (χ1) is 11.7. The molecule has 128 valence electrons. The lowest BCUT2D eigenvalue weighted by Gasteiger charge is -2.32. The van der Waals surface area contributed by atoms with Crippen LogP contribution in [0.15, 0.2) is 24.7 Å². The van der Waals surface area contributed by atoms with E-state index in [0.29, 0.717) is 6.54 Å². The second-order valence-electron chi connectivity index (χ2n) is 5.97. The Kier molecular flexibility index (Phi) is 5.20. The molecule has 1 atom stereocenters. The number of likely N-dealkylation sites (tertiary alicyclic amines) is 1. The summed E-state index contributed by atoms with van der Waals surface area (Å²) in [6, 6.07) is 1.95. The number of amides is 1. The van der Waals surface area contributed by atoms with Crippen LogP contribution < -0.4 is 0 Å². The zero-order valence-electron chi connectivity index (χ0n) is 14.2. The SMILES string of the molecule is CCn1nccc1-c1cncc(C2CCCN(C(=O)COC)C2)n1. The topological polar surface area (TPSA) is 73.1 Å². The molecule has 0 aromatic carbocycles. The lowest BCUT2D eigenvalue weighted by Crippen LogP contribution is -2.41. The molecule has 0 aliphatic carbocycles. The van der Waals surface area contributed by atoms with E-state index in [1.165, 1.54) is 0 Å². The van der Waals surface area contributed by atoms with Crippen molar-refractivity contribution >= 4 is 5.91 Å². The van der Waals surface area contributed by atoms with E-state index in [9.17, 15) is 4.79 Å². The van der Waals surface area contributed by atoms with Crippen LogP contribution in [0.1, 0.15) is 31.4 Å². The van der Waals surface area contributed by atoms with Gasteiger partial charge in [0.2, 0.25) is 5.91 Å². The fraction of sp³-hybridized carbons (Fsp3) is 0.529. The average Bonchev–Trinajstić information content (AvgIpc) is 3.11. The largest absolute Gasteiger partial charge is 0.375 e. The van der Waals surface area contributed by atoms with Crippen LogP contribution in [0, 0.1) is 0 Å². The first kappa shape index (κ1) is 16.6. The van der Waals surface area contributed by atoms with Crippen LogP contribution in [-0.4, -0.2) is 57.4 Å². The fourth-order valence-electron chi connectivity index (χ4n) is 3.16. The van der Waals surface area contributed by atoms with Crippen LogP contribution >= 0.6 is 0 Å². The molecule has 0 bridgehead atoms. The van der Waals surface area contributed by atoms with Gasteiger partial charge in [0.15, 0.2) is 0 Å². The summed E-state index contributed by atoms with van der Waals surface area (Å²) in [6.45, 7) is 4.43. The average molecular weight is 329 g/mol. The number of piperidine rings is 1. The fourth-order valence-corrected chi connectivity index (χ4v) is 3.16. The predicted molar refractivity (Wildman–Crippen MR) is 89.4 cm³/mol. The van der Waals surface area contributed by atoms with Crippen molar-refractivity contribution in [2.24, 2.45) is 0 Å². The first-order valence-corrected chi connectivity index (χ1v) is 8.33. The van der Waals surface area contributed by atoms with E-state index >= 15 is 0 Å². The third-order valence-corrected chi connectivity index (χ3v) is 4.39. The second-order valence-corrected chi connectivity index (χ2v) is 5.97. The van der Waals surface area contributed by atoms with Crippen molar-refractivity contribution in [2.75, 3.05) is 26.8 Å². The Morgan fingerprint density at radius 2 is 2.29 bits per heavy atom. The highest BCUT2D eigenvalue weighted by Gasteiger charge is 2.26. The maximum atomic E-state index is 12.1. The Morgan fingerprint density at radius 3 is 3.08 bits per heavy atom. The monoisotopic (exact) mass is 329 g/mol. The van der Waals surface area contributed by atoms with Gasteiger partial charge in [-0.2, -0.15) is 5.10 Å². The number of ether oxygens (including phenoxy) is 1. The number of carbonyl (C=O) groups excluding carboxylic acids is 1. The van der Waals surface area contributed by atoms with E-state index in [4.69, 9.17) is 9.72 Å². The number of aromatic nitrogens is 4. The molecule has 3 rings (SSSR count). The quantitative estimate of drug-likeness (QED) is 0.835. The van der Waals surface area contributed by atoms with Crippen molar-refractivity contribution in [3.8, 4) is 11.4 Å². The van der Waals surface area contributed by atoms with E-state index in [2.05, 4.69) is 10.1 Å².